The Kier molecular flexibility index (Phi) is 5.41. The molecular formula is C16H25N3O. The number of nitrogens with two attached hydrogens (primary N) is 1. The minimum absolute atomic E-state index is 0.104. The van der Waals surface area contributed by atoms with Crippen LogP contribution < -0.4 is 11.1 Å². The molecule has 4 nitrogen and oxygen atoms in total. The summed E-state index contributed by atoms with van der Waals surface area (Å²) in [4.78, 5) is 14.4. The zero-order chi connectivity index (χ0) is 14.4. The number of nitrogen functional groups attached to an aromatic ring is 1. The summed E-state index contributed by atoms with van der Waals surface area (Å²) in [6.07, 6.45) is 2.82. The molecule has 1 aromatic carbocycles. The fraction of sp³-hybridized carbons (Fsp3) is 0.562. The molecule has 1 aliphatic rings. The number of carbonyl (C=O) groups is 1. The van der Waals surface area contributed by atoms with Gasteiger partial charge in [-0.3, -0.25) is 4.79 Å². The number of likely N-dealkylation sites (tertiary alicyclic amines) is 1. The lowest BCUT2D eigenvalue weighted by molar-refractivity contribution is -0.120. The standard InChI is InChI=1S/C16H25N3O/c1-2-19-9-7-14(8-10-19)12-18-16(20)11-13-3-5-15(17)6-4-13/h3-6,14H,2,7-12,17H2,1H3,(H,18,20). The van der Waals surface area contributed by atoms with Crippen molar-refractivity contribution >= 4 is 11.6 Å². The van der Waals surface area contributed by atoms with Crippen molar-refractivity contribution in [1.82, 2.24) is 10.2 Å². The van der Waals surface area contributed by atoms with Crippen molar-refractivity contribution in [3.8, 4) is 0 Å². The number of nitrogens with one attached hydrogen (secondary N) is 1. The van der Waals surface area contributed by atoms with Gasteiger partial charge >= 0.3 is 0 Å². The normalized spacial score (nSPS) is 17.1. The summed E-state index contributed by atoms with van der Waals surface area (Å²) in [5, 5.41) is 3.06. The Labute approximate surface area is 121 Å². The van der Waals surface area contributed by atoms with Gasteiger partial charge in [-0.2, -0.15) is 0 Å². The Hall–Kier alpha value is -1.55. The molecule has 1 aliphatic heterocycles. The van der Waals surface area contributed by atoms with Gasteiger partial charge < -0.3 is 16.0 Å². The highest BCUT2D eigenvalue weighted by Gasteiger charge is 2.18. The predicted molar refractivity (Wildman–Crippen MR) is 82.4 cm³/mol. The summed E-state index contributed by atoms with van der Waals surface area (Å²) in [7, 11) is 0. The third-order valence-electron chi connectivity index (χ3n) is 4.09. The van der Waals surface area contributed by atoms with Gasteiger partial charge in [-0.25, -0.2) is 0 Å². The Morgan fingerprint density at radius 1 is 1.30 bits per heavy atom. The fourth-order valence-corrected chi connectivity index (χ4v) is 2.65. The lowest BCUT2D eigenvalue weighted by atomic mass is 9.97. The maximum atomic E-state index is 11.9. The molecule has 3 N–H and O–H groups in total. The Morgan fingerprint density at radius 2 is 1.95 bits per heavy atom. The topological polar surface area (TPSA) is 58.4 Å². The monoisotopic (exact) mass is 275 g/mol. The maximum Gasteiger partial charge on any atom is 0.224 e. The van der Waals surface area contributed by atoms with Crippen LogP contribution in [0.1, 0.15) is 25.3 Å². The van der Waals surface area contributed by atoms with Crippen LogP contribution >= 0.6 is 0 Å². The molecule has 0 aliphatic carbocycles. The Bertz CT molecular complexity index is 422. The highest BCUT2D eigenvalue weighted by Crippen LogP contribution is 2.15. The minimum Gasteiger partial charge on any atom is -0.399 e. The van der Waals surface area contributed by atoms with E-state index in [1.54, 1.807) is 0 Å². The lowest BCUT2D eigenvalue weighted by Crippen LogP contribution is -2.38. The second kappa shape index (κ2) is 7.29. The molecule has 1 fully saturated rings. The Morgan fingerprint density at radius 3 is 2.55 bits per heavy atom. The second-order valence-corrected chi connectivity index (χ2v) is 5.60. The molecule has 1 aromatic rings. The predicted octanol–water partition coefficient (Wildman–Crippen LogP) is 1.66. The van der Waals surface area contributed by atoms with Crippen LogP contribution in [0.2, 0.25) is 0 Å². The fourth-order valence-electron chi connectivity index (χ4n) is 2.65. The van der Waals surface area contributed by atoms with E-state index < -0.39 is 0 Å². The highest BCUT2D eigenvalue weighted by molar-refractivity contribution is 5.78. The molecule has 110 valence electrons. The zero-order valence-corrected chi connectivity index (χ0v) is 12.3. The van der Waals surface area contributed by atoms with Gasteiger partial charge in [0, 0.05) is 12.2 Å². The van der Waals surface area contributed by atoms with Gasteiger partial charge in [0.15, 0.2) is 0 Å². The van der Waals surface area contributed by atoms with Gasteiger partial charge in [0.05, 0.1) is 6.42 Å². The summed E-state index contributed by atoms with van der Waals surface area (Å²) >= 11 is 0. The SMILES string of the molecule is CCN1CCC(CNC(=O)Cc2ccc(N)cc2)CC1. The van der Waals surface area contributed by atoms with Crippen molar-refractivity contribution in [3.05, 3.63) is 29.8 Å². The van der Waals surface area contributed by atoms with Crippen molar-refractivity contribution in [3.63, 3.8) is 0 Å². The number of piperidine rings is 1. The van der Waals surface area contributed by atoms with Crippen molar-refractivity contribution in [2.24, 2.45) is 5.92 Å². The highest BCUT2D eigenvalue weighted by atomic mass is 16.1. The van der Waals surface area contributed by atoms with Crippen molar-refractivity contribution < 1.29 is 4.79 Å². The zero-order valence-electron chi connectivity index (χ0n) is 12.3. The van der Waals surface area contributed by atoms with Gasteiger partial charge in [-0.05, 0) is 56.1 Å². The molecule has 0 spiro atoms. The largest absolute Gasteiger partial charge is 0.399 e. The van der Waals surface area contributed by atoms with E-state index in [1.807, 2.05) is 24.3 Å². The van der Waals surface area contributed by atoms with E-state index in [2.05, 4.69) is 17.1 Å². The number of carbonyl (C=O) groups excluding carboxylic acids is 1. The number of hydrogen-bond acceptors (Lipinski definition) is 3. The molecule has 0 atom stereocenters. The molecule has 1 heterocycles. The average molecular weight is 275 g/mol. The molecule has 20 heavy (non-hydrogen) atoms. The summed E-state index contributed by atoms with van der Waals surface area (Å²) in [6, 6.07) is 7.50. The number of amides is 1. The van der Waals surface area contributed by atoms with Crippen molar-refractivity contribution in [2.75, 3.05) is 31.9 Å². The smallest absolute Gasteiger partial charge is 0.224 e. The summed E-state index contributed by atoms with van der Waals surface area (Å²) in [6.45, 7) is 6.47. The van der Waals surface area contributed by atoms with Gasteiger partial charge in [0.2, 0.25) is 5.91 Å². The van der Waals surface area contributed by atoms with Crippen LogP contribution in [0.15, 0.2) is 24.3 Å². The third-order valence-corrected chi connectivity index (χ3v) is 4.09. The first-order valence-corrected chi connectivity index (χ1v) is 7.51. The van der Waals surface area contributed by atoms with E-state index in [9.17, 15) is 4.79 Å². The molecule has 4 heteroatoms. The van der Waals surface area contributed by atoms with E-state index in [0.717, 1.165) is 37.4 Å². The average Bonchev–Trinajstić information content (AvgIpc) is 2.48. The first kappa shape index (κ1) is 14.9. The number of rotatable bonds is 5. The van der Waals surface area contributed by atoms with E-state index in [0.29, 0.717) is 12.3 Å². The number of anilines is 1. The van der Waals surface area contributed by atoms with Crippen molar-refractivity contribution in [1.29, 1.82) is 0 Å². The summed E-state index contributed by atoms with van der Waals surface area (Å²) in [5.74, 6) is 0.737. The quantitative estimate of drug-likeness (QED) is 0.804. The molecule has 0 saturated carbocycles. The summed E-state index contributed by atoms with van der Waals surface area (Å²) < 4.78 is 0. The first-order valence-electron chi connectivity index (χ1n) is 7.51. The van der Waals surface area contributed by atoms with Crippen molar-refractivity contribution in [2.45, 2.75) is 26.2 Å². The number of nitrogens with zero attached hydrogens (tertiary/aromatic N) is 1. The van der Waals surface area contributed by atoms with E-state index >= 15 is 0 Å². The van der Waals surface area contributed by atoms with Gasteiger partial charge in [-0.1, -0.05) is 19.1 Å². The van der Waals surface area contributed by atoms with Gasteiger partial charge in [-0.15, -0.1) is 0 Å². The van der Waals surface area contributed by atoms with E-state index in [4.69, 9.17) is 5.73 Å². The molecule has 1 amide bonds. The molecule has 0 radical (unpaired) electrons. The van der Waals surface area contributed by atoms with E-state index in [1.165, 1.54) is 12.8 Å². The Balaban J connectivity index is 1.69. The molecule has 0 bridgehead atoms. The number of hydrogen-bond donors (Lipinski definition) is 2. The van der Waals surface area contributed by atoms with E-state index in [-0.39, 0.29) is 5.91 Å². The van der Waals surface area contributed by atoms with Crippen LogP contribution in [-0.4, -0.2) is 37.0 Å². The maximum absolute atomic E-state index is 11.9. The first-order chi connectivity index (χ1) is 9.67. The van der Waals surface area contributed by atoms with Crippen LogP contribution in [0.25, 0.3) is 0 Å². The second-order valence-electron chi connectivity index (χ2n) is 5.60. The summed E-state index contributed by atoms with van der Waals surface area (Å²) in [5.41, 5.74) is 7.38. The van der Waals surface area contributed by atoms with Crippen LogP contribution in [0.3, 0.4) is 0 Å². The molecule has 0 unspecified atom stereocenters. The van der Waals surface area contributed by atoms with Crippen LogP contribution in [-0.2, 0) is 11.2 Å². The molecule has 1 saturated heterocycles. The van der Waals surface area contributed by atoms with Gasteiger partial charge in [0.25, 0.3) is 0 Å². The van der Waals surface area contributed by atoms with Crippen LogP contribution in [0, 0.1) is 5.92 Å². The molecular weight excluding hydrogens is 250 g/mol. The lowest BCUT2D eigenvalue weighted by Gasteiger charge is -2.31. The third kappa shape index (κ3) is 4.53. The van der Waals surface area contributed by atoms with Crippen LogP contribution in [0.5, 0.6) is 0 Å². The van der Waals surface area contributed by atoms with Crippen LogP contribution in [0.4, 0.5) is 5.69 Å². The molecule has 0 aromatic heterocycles. The molecule has 2 rings (SSSR count). The van der Waals surface area contributed by atoms with Gasteiger partial charge in [0.1, 0.15) is 0 Å². The minimum atomic E-state index is 0.104. The number of benzene rings is 1.